The van der Waals surface area contributed by atoms with Gasteiger partial charge in [-0.15, -0.1) is 0 Å². The zero-order valence-corrected chi connectivity index (χ0v) is 8.67. The minimum Gasteiger partial charge on any atom is -0.223 e. The molecule has 0 aromatic heterocycles. The molecule has 0 bridgehead atoms. The Morgan fingerprint density at radius 3 is 2.18 bits per heavy atom. The van der Waals surface area contributed by atoms with Gasteiger partial charge in [-0.1, -0.05) is 40.8 Å². The smallest absolute Gasteiger partial charge is 0.187 e. The van der Waals surface area contributed by atoms with Crippen molar-refractivity contribution in [2.45, 2.75) is 4.90 Å². The van der Waals surface area contributed by atoms with Crippen molar-refractivity contribution in [3.8, 4) is 0 Å². The van der Waals surface area contributed by atoms with E-state index in [-0.39, 0.29) is 3.76 Å². The van der Waals surface area contributed by atoms with Gasteiger partial charge in [0, 0.05) is 0 Å². The molecule has 0 amide bonds. The summed E-state index contributed by atoms with van der Waals surface area (Å²) in [6, 6.07) is 8.45. The van der Waals surface area contributed by atoms with Gasteiger partial charge < -0.3 is 0 Å². The molecule has 0 aliphatic heterocycles. The second kappa shape index (κ2) is 3.53. The highest BCUT2D eigenvalue weighted by atomic mass is 127. The van der Waals surface area contributed by atoms with Gasteiger partial charge >= 0.3 is 0 Å². The van der Waals surface area contributed by atoms with Crippen LogP contribution in [0, 0.1) is 0 Å². The van der Waals surface area contributed by atoms with Crippen molar-refractivity contribution in [3.05, 3.63) is 30.3 Å². The number of hydrogen-bond donors (Lipinski definition) is 0. The molecule has 1 rings (SSSR count). The highest BCUT2D eigenvalue weighted by Gasteiger charge is 2.09. The molecule has 60 valence electrons. The van der Waals surface area contributed by atoms with Crippen molar-refractivity contribution in [1.82, 2.24) is 0 Å². The first-order valence-corrected chi connectivity index (χ1v) is 6.18. The Morgan fingerprint density at radius 2 is 1.73 bits per heavy atom. The lowest BCUT2D eigenvalue weighted by Crippen LogP contribution is -2.00. The van der Waals surface area contributed by atoms with Crippen LogP contribution in [-0.2, 0) is 9.84 Å². The summed E-state index contributed by atoms with van der Waals surface area (Å²) in [6.07, 6.45) is 0. The molecule has 0 unspecified atom stereocenters. The summed E-state index contributed by atoms with van der Waals surface area (Å²) >= 11 is 1.85. The van der Waals surface area contributed by atoms with Gasteiger partial charge in [-0.2, -0.15) is 0 Å². The van der Waals surface area contributed by atoms with Crippen molar-refractivity contribution < 1.29 is 8.42 Å². The first-order chi connectivity index (χ1) is 5.17. The number of benzene rings is 1. The van der Waals surface area contributed by atoms with Gasteiger partial charge in [0.2, 0.25) is 0 Å². The lowest BCUT2D eigenvalue weighted by Gasteiger charge is -1.97. The van der Waals surface area contributed by atoms with Gasteiger partial charge in [-0.25, -0.2) is 8.42 Å². The monoisotopic (exact) mass is 282 g/mol. The second-order valence-corrected chi connectivity index (χ2v) is 5.82. The largest absolute Gasteiger partial charge is 0.223 e. The van der Waals surface area contributed by atoms with Gasteiger partial charge in [-0.05, 0) is 12.1 Å². The molecule has 0 spiro atoms. The highest BCUT2D eigenvalue weighted by molar-refractivity contribution is 14.1. The van der Waals surface area contributed by atoms with E-state index in [0.717, 1.165) is 0 Å². The van der Waals surface area contributed by atoms with Gasteiger partial charge in [0.25, 0.3) is 0 Å². The number of sulfone groups is 1. The quantitative estimate of drug-likeness (QED) is 0.613. The van der Waals surface area contributed by atoms with Crippen LogP contribution in [0.4, 0.5) is 0 Å². The molecule has 0 N–H and O–H groups in total. The standard InChI is InChI=1S/C7H7IO2S/c8-6-11(9,10)7-4-2-1-3-5-7/h1-5H,6H2. The molecule has 1 aromatic rings. The van der Waals surface area contributed by atoms with E-state index in [1.54, 1.807) is 30.3 Å². The van der Waals surface area contributed by atoms with E-state index in [0.29, 0.717) is 4.90 Å². The SMILES string of the molecule is O=S(=O)(CI)c1ccccc1. The van der Waals surface area contributed by atoms with Crippen molar-refractivity contribution in [3.63, 3.8) is 0 Å². The Bertz CT molecular complexity index is 318. The Kier molecular flexibility index (Phi) is 2.89. The van der Waals surface area contributed by atoms with Crippen LogP contribution in [0.1, 0.15) is 0 Å². The van der Waals surface area contributed by atoms with Crippen LogP contribution in [0.2, 0.25) is 0 Å². The fraction of sp³-hybridized carbons (Fsp3) is 0.143. The second-order valence-electron chi connectivity index (χ2n) is 2.04. The number of hydrogen-bond acceptors (Lipinski definition) is 2. The number of halogens is 1. The molecule has 0 aliphatic carbocycles. The maximum absolute atomic E-state index is 11.2. The molecule has 0 saturated carbocycles. The Hall–Kier alpha value is -0.100. The summed E-state index contributed by atoms with van der Waals surface area (Å²) in [5.41, 5.74) is 0. The summed E-state index contributed by atoms with van der Waals surface area (Å²) in [5.74, 6) is 0. The first-order valence-electron chi connectivity index (χ1n) is 3.00. The van der Waals surface area contributed by atoms with Gasteiger partial charge in [0.1, 0.15) is 3.76 Å². The Morgan fingerprint density at radius 1 is 1.18 bits per heavy atom. The van der Waals surface area contributed by atoms with Crippen molar-refractivity contribution in [1.29, 1.82) is 0 Å². The van der Waals surface area contributed by atoms with Crippen LogP contribution in [0.5, 0.6) is 0 Å². The molecule has 0 saturated heterocycles. The fourth-order valence-electron chi connectivity index (χ4n) is 0.691. The molecule has 0 radical (unpaired) electrons. The predicted molar refractivity (Wildman–Crippen MR) is 52.5 cm³/mol. The number of alkyl halides is 1. The lowest BCUT2D eigenvalue weighted by molar-refractivity contribution is 0.601. The van der Waals surface area contributed by atoms with E-state index in [9.17, 15) is 8.42 Å². The van der Waals surface area contributed by atoms with Gasteiger partial charge in [-0.3, -0.25) is 0 Å². The van der Waals surface area contributed by atoms with Crippen LogP contribution >= 0.6 is 22.6 Å². The van der Waals surface area contributed by atoms with E-state index in [1.807, 2.05) is 22.6 Å². The van der Waals surface area contributed by atoms with E-state index < -0.39 is 9.84 Å². The third kappa shape index (κ3) is 2.16. The molecule has 11 heavy (non-hydrogen) atoms. The normalized spacial score (nSPS) is 11.4. The van der Waals surface area contributed by atoms with Gasteiger partial charge in [0.15, 0.2) is 9.84 Å². The van der Waals surface area contributed by atoms with Crippen LogP contribution in [0.25, 0.3) is 0 Å². The zero-order chi connectivity index (χ0) is 8.32. The molecule has 2 nitrogen and oxygen atoms in total. The Balaban J connectivity index is 3.14. The van der Waals surface area contributed by atoms with Crippen molar-refractivity contribution >= 4 is 32.4 Å². The van der Waals surface area contributed by atoms with Crippen LogP contribution < -0.4 is 0 Å². The summed E-state index contributed by atoms with van der Waals surface area (Å²) in [4.78, 5) is 0.398. The molecule has 0 fully saturated rings. The third-order valence-corrected chi connectivity index (χ3v) is 4.98. The van der Waals surface area contributed by atoms with E-state index in [2.05, 4.69) is 0 Å². The maximum atomic E-state index is 11.2. The van der Waals surface area contributed by atoms with E-state index >= 15 is 0 Å². The fourth-order valence-corrected chi connectivity index (χ4v) is 2.47. The molecule has 0 atom stereocenters. The first kappa shape index (κ1) is 8.99. The lowest BCUT2D eigenvalue weighted by atomic mass is 10.4. The molecule has 0 heterocycles. The van der Waals surface area contributed by atoms with Crippen LogP contribution in [0.3, 0.4) is 0 Å². The summed E-state index contributed by atoms with van der Waals surface area (Å²) < 4.78 is 22.5. The zero-order valence-electron chi connectivity index (χ0n) is 5.70. The van der Waals surface area contributed by atoms with Crippen LogP contribution in [-0.4, -0.2) is 12.2 Å². The highest BCUT2D eigenvalue weighted by Crippen LogP contribution is 2.11. The minimum atomic E-state index is -3.01. The average Bonchev–Trinajstić information content (AvgIpc) is 2.06. The molecule has 0 aliphatic rings. The number of rotatable bonds is 2. The van der Waals surface area contributed by atoms with E-state index in [4.69, 9.17) is 0 Å². The minimum absolute atomic E-state index is 0.134. The summed E-state index contributed by atoms with van der Waals surface area (Å²) in [6.45, 7) is 0. The van der Waals surface area contributed by atoms with Gasteiger partial charge in [0.05, 0.1) is 4.90 Å². The molecular formula is C7H7IO2S. The molecule has 1 aromatic carbocycles. The van der Waals surface area contributed by atoms with Crippen LogP contribution in [0.15, 0.2) is 35.2 Å². The topological polar surface area (TPSA) is 34.1 Å². The van der Waals surface area contributed by atoms with Crippen molar-refractivity contribution in [2.24, 2.45) is 0 Å². The average molecular weight is 282 g/mol. The summed E-state index contributed by atoms with van der Waals surface area (Å²) in [5, 5.41) is 0. The third-order valence-electron chi connectivity index (χ3n) is 1.25. The maximum Gasteiger partial charge on any atom is 0.187 e. The summed E-state index contributed by atoms with van der Waals surface area (Å²) in [7, 11) is -3.01. The molecular weight excluding hydrogens is 275 g/mol. The Labute approximate surface area is 79.7 Å². The van der Waals surface area contributed by atoms with E-state index in [1.165, 1.54) is 0 Å². The molecule has 4 heteroatoms. The predicted octanol–water partition coefficient (Wildman–Crippen LogP) is 1.85. The van der Waals surface area contributed by atoms with Crippen molar-refractivity contribution in [2.75, 3.05) is 3.76 Å².